The Hall–Kier alpha value is -3.15. The predicted octanol–water partition coefficient (Wildman–Crippen LogP) is 8.00. The molecule has 0 saturated heterocycles. The highest BCUT2D eigenvalue weighted by Gasteiger charge is 2.15. The van der Waals surface area contributed by atoms with Crippen molar-refractivity contribution in [2.75, 3.05) is 5.75 Å². The Kier molecular flexibility index (Phi) is 19.3. The third-order valence-electron chi connectivity index (χ3n) is 8.59. The van der Waals surface area contributed by atoms with Crippen LogP contribution in [0.3, 0.4) is 0 Å². The molecule has 0 radical (unpaired) electrons. The van der Waals surface area contributed by atoms with Crippen LogP contribution < -0.4 is 13.7 Å². The van der Waals surface area contributed by atoms with Crippen LogP contribution in [-0.2, 0) is 49.8 Å². The first-order chi connectivity index (χ1) is 24.3. The Morgan fingerprint density at radius 2 is 0.760 bits per heavy atom. The summed E-state index contributed by atoms with van der Waals surface area (Å²) in [5, 5.41) is 38.4. The Morgan fingerprint density at radius 3 is 1.12 bits per heavy atom. The van der Waals surface area contributed by atoms with E-state index >= 15 is 0 Å². The van der Waals surface area contributed by atoms with E-state index in [1.54, 1.807) is 48.5 Å². The highest BCUT2D eigenvalue weighted by atomic mass is 32.2. The van der Waals surface area contributed by atoms with Crippen molar-refractivity contribution in [2.45, 2.75) is 136 Å². The topological polar surface area (TPSA) is 143 Å². The van der Waals surface area contributed by atoms with Crippen LogP contribution >= 0.6 is 0 Å². The molecule has 278 valence electrons. The molecule has 9 nitrogen and oxygen atoms in total. The molecule has 10 heteroatoms. The molecule has 50 heavy (non-hydrogen) atoms. The van der Waals surface area contributed by atoms with Crippen molar-refractivity contribution in [3.8, 4) is 17.2 Å². The van der Waals surface area contributed by atoms with Crippen molar-refractivity contribution in [2.24, 2.45) is 0 Å². The lowest BCUT2D eigenvalue weighted by Crippen LogP contribution is -2.14. The van der Waals surface area contributed by atoms with Crippen molar-refractivity contribution in [1.29, 1.82) is 0 Å². The fourth-order valence-electron chi connectivity index (χ4n) is 5.93. The average Bonchev–Trinajstić information content (AvgIpc) is 3.12. The van der Waals surface area contributed by atoms with Gasteiger partial charge in [0.2, 0.25) is 0 Å². The van der Waals surface area contributed by atoms with Gasteiger partial charge in [0.25, 0.3) is 0 Å². The summed E-state index contributed by atoms with van der Waals surface area (Å²) >= 11 is 0. The van der Waals surface area contributed by atoms with Gasteiger partial charge in [0.05, 0.1) is 32.2 Å². The largest absolute Gasteiger partial charge is 0.489 e. The predicted molar refractivity (Wildman–Crippen MR) is 196 cm³/mol. The van der Waals surface area contributed by atoms with E-state index < -0.39 is 10.1 Å². The van der Waals surface area contributed by atoms with Gasteiger partial charge >= 0.3 is 10.1 Å². The molecule has 0 spiro atoms. The summed E-state index contributed by atoms with van der Waals surface area (Å²) in [6.45, 7) is 1.55. The zero-order chi connectivity index (χ0) is 36.0. The van der Waals surface area contributed by atoms with E-state index in [0.717, 1.165) is 19.3 Å². The molecule has 0 atom stereocenters. The van der Waals surface area contributed by atoms with Crippen molar-refractivity contribution in [3.05, 3.63) is 88.0 Å². The van der Waals surface area contributed by atoms with Gasteiger partial charge in [-0.2, -0.15) is 8.42 Å². The summed E-state index contributed by atoms with van der Waals surface area (Å²) in [6, 6.07) is 15.1. The lowest BCUT2D eigenvalue weighted by molar-refractivity contribution is 0.268. The molecular formula is C40H58O9S. The molecule has 0 aliphatic heterocycles. The van der Waals surface area contributed by atoms with E-state index in [2.05, 4.69) is 6.92 Å². The second kappa shape index (κ2) is 23.3. The van der Waals surface area contributed by atoms with Crippen molar-refractivity contribution < 1.29 is 42.5 Å². The summed E-state index contributed by atoms with van der Waals surface area (Å²) in [6.07, 6.45) is 16.5. The molecule has 3 rings (SSSR count). The Labute approximate surface area is 299 Å². The molecule has 0 fully saturated rings. The van der Waals surface area contributed by atoms with Gasteiger partial charge in [0.15, 0.2) is 0 Å². The second-order valence-electron chi connectivity index (χ2n) is 13.1. The Morgan fingerprint density at radius 1 is 0.440 bits per heavy atom. The first-order valence-electron chi connectivity index (χ1n) is 18.3. The van der Waals surface area contributed by atoms with E-state index in [-0.39, 0.29) is 51.1 Å². The first-order valence-corrected chi connectivity index (χ1v) is 19.8. The van der Waals surface area contributed by atoms with E-state index in [0.29, 0.717) is 51.3 Å². The number of rotatable bonds is 27. The first kappa shape index (κ1) is 41.3. The third-order valence-corrected chi connectivity index (χ3v) is 9.83. The maximum absolute atomic E-state index is 13.0. The monoisotopic (exact) mass is 714 g/mol. The maximum atomic E-state index is 13.0. The number of ether oxygens (including phenoxy) is 2. The quantitative estimate of drug-likeness (QED) is 0.0456. The molecule has 4 N–H and O–H groups in total. The van der Waals surface area contributed by atoms with Gasteiger partial charge < -0.3 is 34.1 Å². The summed E-state index contributed by atoms with van der Waals surface area (Å²) in [7, 11) is -3.85. The van der Waals surface area contributed by atoms with Gasteiger partial charge in [-0.3, -0.25) is 0 Å². The van der Waals surface area contributed by atoms with Crippen LogP contribution in [0.25, 0.3) is 0 Å². The fourth-order valence-corrected chi connectivity index (χ4v) is 6.96. The summed E-state index contributed by atoms with van der Waals surface area (Å²) in [5.74, 6) is 0.975. The van der Waals surface area contributed by atoms with Crippen molar-refractivity contribution in [1.82, 2.24) is 0 Å². The fraction of sp³-hybridized carbons (Fsp3) is 0.550. The minimum Gasteiger partial charge on any atom is -0.489 e. The van der Waals surface area contributed by atoms with Gasteiger partial charge in [-0.25, -0.2) is 0 Å². The van der Waals surface area contributed by atoms with Gasteiger partial charge in [-0.15, -0.1) is 0 Å². The number of unbranched alkanes of at least 4 members (excludes halogenated alkanes) is 13. The van der Waals surface area contributed by atoms with Crippen LogP contribution in [0, 0.1) is 0 Å². The standard InChI is InChI=1S/C40H58O9S/c1-2-3-4-5-6-7-8-9-10-11-12-13-14-15-16-50(45,46)49-40-24-36(30-47-38-20-32(26-41)17-33(21-38)27-42)19-37(25-40)31-48-39-22-34(28-43)18-35(23-39)29-44/h17-25,41-44H,2-16,26-31H2,1H3. The van der Waals surface area contributed by atoms with E-state index in [1.807, 2.05) is 6.07 Å². The SMILES string of the molecule is CCCCCCCCCCCCCCCCS(=O)(=O)Oc1cc(COc2cc(CO)cc(CO)c2)cc(COc2cc(CO)cc(CO)c2)c1. The van der Waals surface area contributed by atoms with Crippen LogP contribution in [0.15, 0.2) is 54.6 Å². The molecule has 0 amide bonds. The second-order valence-corrected chi connectivity index (χ2v) is 14.8. The average molecular weight is 715 g/mol. The molecule has 3 aromatic rings. The highest BCUT2D eigenvalue weighted by molar-refractivity contribution is 7.87. The molecular weight excluding hydrogens is 656 g/mol. The van der Waals surface area contributed by atoms with E-state index in [4.69, 9.17) is 13.7 Å². The molecule has 0 aliphatic rings. The van der Waals surface area contributed by atoms with Crippen LogP contribution in [0.2, 0.25) is 0 Å². The van der Waals surface area contributed by atoms with Crippen molar-refractivity contribution in [3.63, 3.8) is 0 Å². The summed E-state index contributed by atoms with van der Waals surface area (Å²) in [5.41, 5.74) is 3.65. The number of aliphatic hydroxyl groups is 4. The smallest absolute Gasteiger partial charge is 0.309 e. The summed E-state index contributed by atoms with van der Waals surface area (Å²) in [4.78, 5) is 0. The zero-order valence-electron chi connectivity index (χ0n) is 29.8. The van der Waals surface area contributed by atoms with E-state index in [1.165, 1.54) is 64.2 Å². The molecule has 0 bridgehead atoms. The lowest BCUT2D eigenvalue weighted by Gasteiger charge is -2.14. The number of hydrogen-bond acceptors (Lipinski definition) is 9. The third kappa shape index (κ3) is 16.2. The maximum Gasteiger partial charge on any atom is 0.309 e. The van der Waals surface area contributed by atoms with Gasteiger partial charge in [0, 0.05) is 0 Å². The number of aliphatic hydroxyl groups excluding tert-OH is 4. The minimum atomic E-state index is -3.85. The molecule has 0 aliphatic carbocycles. The molecule has 0 unspecified atom stereocenters. The number of benzene rings is 3. The van der Waals surface area contributed by atoms with E-state index in [9.17, 15) is 28.8 Å². The lowest BCUT2D eigenvalue weighted by atomic mass is 10.0. The van der Waals surface area contributed by atoms with Gasteiger partial charge in [0.1, 0.15) is 30.5 Å². The van der Waals surface area contributed by atoms with Gasteiger partial charge in [-0.1, -0.05) is 103 Å². The van der Waals surface area contributed by atoms with Crippen LogP contribution in [0.5, 0.6) is 17.2 Å². The Balaban J connectivity index is 1.56. The molecule has 0 saturated carbocycles. The van der Waals surface area contributed by atoms with Crippen LogP contribution in [0.1, 0.15) is 130 Å². The highest BCUT2D eigenvalue weighted by Crippen LogP contribution is 2.25. The molecule has 3 aromatic carbocycles. The number of hydrogen-bond donors (Lipinski definition) is 4. The zero-order valence-corrected chi connectivity index (χ0v) is 30.6. The van der Waals surface area contributed by atoms with Crippen LogP contribution in [-0.4, -0.2) is 34.6 Å². The Bertz CT molecular complexity index is 1380. The van der Waals surface area contributed by atoms with Crippen LogP contribution in [0.4, 0.5) is 0 Å². The minimum absolute atomic E-state index is 0.0671. The van der Waals surface area contributed by atoms with Crippen molar-refractivity contribution >= 4 is 10.1 Å². The molecule has 0 heterocycles. The van der Waals surface area contributed by atoms with Gasteiger partial charge in [-0.05, 0) is 82.3 Å². The molecule has 0 aromatic heterocycles. The summed E-state index contributed by atoms with van der Waals surface area (Å²) < 4.78 is 43.5. The normalized spacial score (nSPS) is 11.5.